The Morgan fingerprint density at radius 1 is 0.739 bits per heavy atom. The van der Waals surface area contributed by atoms with E-state index in [1.165, 1.54) is 66.4 Å². The van der Waals surface area contributed by atoms with Crippen molar-refractivity contribution in [1.29, 1.82) is 0 Å². The zero-order chi connectivity index (χ0) is 16.1. The molecule has 2 nitrogen and oxygen atoms in total. The van der Waals surface area contributed by atoms with E-state index in [1.807, 2.05) is 0 Å². The molecule has 0 aromatic carbocycles. The first-order valence-electron chi connectivity index (χ1n) is 8.75. The van der Waals surface area contributed by atoms with Crippen molar-refractivity contribution >= 4 is 8.58 Å². The molecule has 0 aromatic heterocycles. The van der Waals surface area contributed by atoms with E-state index in [2.05, 4.69) is 24.5 Å². The fraction of sp³-hybridized carbons (Fsp3) is 0.947. The molecule has 0 spiro atoms. The second kappa shape index (κ2) is 17.9. The van der Waals surface area contributed by atoms with Gasteiger partial charge in [-0.1, -0.05) is 46.0 Å². The van der Waals surface area contributed by atoms with Crippen molar-refractivity contribution in [1.82, 2.24) is 0 Å². The monoisotopic (exact) mass is 377 g/mol. The molecule has 0 amide bonds. The van der Waals surface area contributed by atoms with Crippen LogP contribution in [0.1, 0.15) is 71.6 Å². The van der Waals surface area contributed by atoms with Crippen molar-refractivity contribution in [3.63, 3.8) is 0 Å². The molecule has 23 heavy (non-hydrogen) atoms. The Bertz CT molecular complexity index is 223. The summed E-state index contributed by atoms with van der Waals surface area (Å²) in [6.07, 6.45) is 13.6. The largest absolute Gasteiger partial charge is 3.00 e. The third-order valence-corrected chi connectivity index (χ3v) is 6.69. The second-order valence-corrected chi connectivity index (χ2v) is 9.47. The molecule has 2 saturated carbocycles. The molecule has 0 heterocycles. The zero-order valence-electron chi connectivity index (χ0n) is 16.9. The summed E-state index contributed by atoms with van der Waals surface area (Å²) < 4.78 is 0. The standard InChI is InChI=1S/C14H27P.2C2H6N.CH3.Ti/c1-14(2,12-8-6-7-9-12)15-13-10-4-3-5-11-13;2*1-3-2;;/h12-13,15H,3-11H2,1-2H3;2*1-2H3;1H3;/q;3*-1;+3. The average Bonchev–Trinajstić information content (AvgIpc) is 2.96. The maximum absolute atomic E-state index is 3.50. The van der Waals surface area contributed by atoms with Crippen molar-refractivity contribution in [2.24, 2.45) is 5.92 Å². The van der Waals surface area contributed by atoms with Crippen LogP contribution in [0, 0.1) is 13.3 Å². The van der Waals surface area contributed by atoms with Gasteiger partial charge in [0.05, 0.1) is 0 Å². The minimum Gasteiger partial charge on any atom is -0.668 e. The quantitative estimate of drug-likeness (QED) is 0.299. The van der Waals surface area contributed by atoms with Crippen LogP contribution in [0.15, 0.2) is 0 Å². The molecule has 2 aliphatic carbocycles. The molecule has 0 aliphatic heterocycles. The Morgan fingerprint density at radius 2 is 1.09 bits per heavy atom. The molecule has 2 rings (SSSR count). The average molecular weight is 377 g/mol. The second-order valence-electron chi connectivity index (χ2n) is 7.08. The molecule has 2 fully saturated rings. The summed E-state index contributed by atoms with van der Waals surface area (Å²) >= 11 is 0. The summed E-state index contributed by atoms with van der Waals surface area (Å²) in [7, 11) is 8.24. The fourth-order valence-electron chi connectivity index (χ4n) is 3.54. The van der Waals surface area contributed by atoms with Crippen LogP contribution in [-0.2, 0) is 21.7 Å². The Hall–Kier alpha value is 1.06. The van der Waals surface area contributed by atoms with E-state index in [4.69, 9.17) is 0 Å². The van der Waals surface area contributed by atoms with Crippen molar-refractivity contribution < 1.29 is 21.7 Å². The summed E-state index contributed by atoms with van der Waals surface area (Å²) in [6.45, 7) is 5.10. The van der Waals surface area contributed by atoms with Gasteiger partial charge in [0, 0.05) is 0 Å². The molecule has 1 unspecified atom stereocenters. The Kier molecular flexibility index (Phi) is 22.4. The van der Waals surface area contributed by atoms with E-state index >= 15 is 0 Å². The van der Waals surface area contributed by atoms with E-state index in [0.717, 1.165) is 11.6 Å². The Labute approximate surface area is 164 Å². The van der Waals surface area contributed by atoms with Crippen molar-refractivity contribution in [2.75, 3.05) is 28.2 Å². The molecule has 0 bridgehead atoms. The molecular formula is C19H42N2PTi. The molecular weight excluding hydrogens is 335 g/mol. The molecule has 0 N–H and O–H groups in total. The van der Waals surface area contributed by atoms with E-state index in [1.54, 1.807) is 28.2 Å². The Morgan fingerprint density at radius 3 is 1.48 bits per heavy atom. The SMILES string of the molecule is CC(C)(PC1CCCCC1)C1CCCC1.C[N-]C.C[N-]C.[CH3-].[Ti+3]. The van der Waals surface area contributed by atoms with Gasteiger partial charge in [-0.3, -0.25) is 0 Å². The number of hydrogen-bond acceptors (Lipinski definition) is 0. The van der Waals surface area contributed by atoms with Crippen LogP contribution >= 0.6 is 8.58 Å². The van der Waals surface area contributed by atoms with E-state index in [9.17, 15) is 0 Å². The first-order chi connectivity index (χ1) is 10.0. The summed E-state index contributed by atoms with van der Waals surface area (Å²) in [5.74, 6) is 1.05. The third-order valence-electron chi connectivity index (χ3n) is 4.56. The summed E-state index contributed by atoms with van der Waals surface area (Å²) in [6, 6.07) is 0. The topological polar surface area (TPSA) is 28.2 Å². The van der Waals surface area contributed by atoms with Gasteiger partial charge in [0.1, 0.15) is 0 Å². The third kappa shape index (κ3) is 14.0. The first kappa shape index (κ1) is 28.9. The van der Waals surface area contributed by atoms with Gasteiger partial charge in [-0.05, 0) is 42.4 Å². The molecule has 1 radical (unpaired) electrons. The molecule has 0 saturated heterocycles. The summed E-state index contributed by atoms with van der Waals surface area (Å²) in [5.41, 5.74) is 1.09. The zero-order valence-corrected chi connectivity index (χ0v) is 19.5. The minimum absolute atomic E-state index is 0. The molecule has 4 heteroatoms. The van der Waals surface area contributed by atoms with Crippen LogP contribution in [0.25, 0.3) is 10.6 Å². The van der Waals surface area contributed by atoms with Crippen LogP contribution in [0.5, 0.6) is 0 Å². The van der Waals surface area contributed by atoms with Crippen molar-refractivity contribution in [2.45, 2.75) is 82.4 Å². The molecule has 1 atom stereocenters. The van der Waals surface area contributed by atoms with E-state index in [-0.39, 0.29) is 29.1 Å². The van der Waals surface area contributed by atoms with Gasteiger partial charge in [0.2, 0.25) is 0 Å². The fourth-order valence-corrected chi connectivity index (χ4v) is 5.81. The van der Waals surface area contributed by atoms with Crippen LogP contribution in [0.3, 0.4) is 0 Å². The van der Waals surface area contributed by atoms with Gasteiger partial charge in [-0.2, -0.15) is 28.2 Å². The number of rotatable bonds is 3. The predicted octanol–water partition coefficient (Wildman–Crippen LogP) is 6.65. The maximum Gasteiger partial charge on any atom is 3.00 e. The predicted molar refractivity (Wildman–Crippen MR) is 108 cm³/mol. The van der Waals surface area contributed by atoms with Crippen LogP contribution in [-0.4, -0.2) is 39.0 Å². The van der Waals surface area contributed by atoms with E-state index in [0.29, 0.717) is 5.16 Å². The van der Waals surface area contributed by atoms with Gasteiger partial charge in [-0.15, -0.1) is 8.58 Å². The molecule has 2 aliphatic rings. The van der Waals surface area contributed by atoms with Gasteiger partial charge in [0.25, 0.3) is 0 Å². The van der Waals surface area contributed by atoms with Gasteiger partial charge in [0.15, 0.2) is 0 Å². The smallest absolute Gasteiger partial charge is 0.668 e. The van der Waals surface area contributed by atoms with Crippen LogP contribution < -0.4 is 0 Å². The maximum atomic E-state index is 3.50. The summed E-state index contributed by atoms with van der Waals surface area (Å²) in [4.78, 5) is 0. The van der Waals surface area contributed by atoms with Gasteiger partial charge in [-0.25, -0.2) is 0 Å². The van der Waals surface area contributed by atoms with E-state index < -0.39 is 0 Å². The van der Waals surface area contributed by atoms with Gasteiger partial charge < -0.3 is 18.1 Å². The molecule has 0 aromatic rings. The van der Waals surface area contributed by atoms with Crippen LogP contribution in [0.4, 0.5) is 0 Å². The first-order valence-corrected chi connectivity index (χ1v) is 9.83. The Balaban J connectivity index is -0.000000440. The van der Waals surface area contributed by atoms with Crippen molar-refractivity contribution in [3.8, 4) is 0 Å². The number of nitrogens with zero attached hydrogens (tertiary/aromatic N) is 2. The van der Waals surface area contributed by atoms with Crippen LogP contribution in [0.2, 0.25) is 0 Å². The molecule has 137 valence electrons. The number of hydrogen-bond donors (Lipinski definition) is 0. The van der Waals surface area contributed by atoms with Gasteiger partial charge >= 0.3 is 21.7 Å². The minimum atomic E-state index is 0. The summed E-state index contributed by atoms with van der Waals surface area (Å²) in [5, 5.41) is 7.67. The van der Waals surface area contributed by atoms with Crippen molar-refractivity contribution in [3.05, 3.63) is 18.1 Å². The normalized spacial score (nSPS) is 19.0.